The van der Waals surface area contributed by atoms with Gasteiger partial charge in [0, 0.05) is 38.8 Å². The van der Waals surface area contributed by atoms with Crippen molar-refractivity contribution < 1.29 is 8.42 Å². The fourth-order valence-electron chi connectivity index (χ4n) is 2.87. The quantitative estimate of drug-likeness (QED) is 0.757. The highest BCUT2D eigenvalue weighted by atomic mass is 32.2. The van der Waals surface area contributed by atoms with Gasteiger partial charge in [0.1, 0.15) is 0 Å². The zero-order valence-corrected chi connectivity index (χ0v) is 11.3. The van der Waals surface area contributed by atoms with Crippen molar-refractivity contribution >= 4 is 10.0 Å². The highest BCUT2D eigenvalue weighted by Crippen LogP contribution is 2.25. The lowest BCUT2D eigenvalue weighted by Crippen LogP contribution is -2.50. The predicted molar refractivity (Wildman–Crippen MR) is 68.2 cm³/mol. The van der Waals surface area contributed by atoms with E-state index in [9.17, 15) is 8.42 Å². The van der Waals surface area contributed by atoms with Gasteiger partial charge in [-0.3, -0.25) is 0 Å². The first-order valence-electron chi connectivity index (χ1n) is 6.40. The lowest BCUT2D eigenvalue weighted by molar-refractivity contribution is 0.161. The number of piperazine rings is 1. The van der Waals surface area contributed by atoms with Gasteiger partial charge in [-0.05, 0) is 18.8 Å². The Morgan fingerprint density at radius 3 is 2.29 bits per heavy atom. The second kappa shape index (κ2) is 5.22. The van der Waals surface area contributed by atoms with Crippen LogP contribution in [0.2, 0.25) is 0 Å². The molecule has 2 aliphatic rings. The third-order valence-corrected chi connectivity index (χ3v) is 5.31. The zero-order valence-electron chi connectivity index (χ0n) is 10.5. The molecule has 2 atom stereocenters. The van der Waals surface area contributed by atoms with E-state index in [2.05, 4.69) is 4.90 Å². The lowest BCUT2D eigenvalue weighted by Gasteiger charge is -2.35. The SMILES string of the molecule is CS(=O)(=O)N1CCN(CC2CCCC2N)CC1. The number of hydrogen-bond acceptors (Lipinski definition) is 4. The minimum absolute atomic E-state index is 0.350. The van der Waals surface area contributed by atoms with Crippen LogP contribution in [-0.2, 0) is 10.0 Å². The van der Waals surface area contributed by atoms with Crippen molar-refractivity contribution in [3.05, 3.63) is 0 Å². The molecule has 6 heteroatoms. The first kappa shape index (κ1) is 13.3. The van der Waals surface area contributed by atoms with Crippen LogP contribution >= 0.6 is 0 Å². The maximum absolute atomic E-state index is 11.4. The van der Waals surface area contributed by atoms with Crippen molar-refractivity contribution in [2.75, 3.05) is 39.0 Å². The van der Waals surface area contributed by atoms with Crippen LogP contribution in [0.4, 0.5) is 0 Å². The average molecular weight is 261 g/mol. The first-order valence-corrected chi connectivity index (χ1v) is 8.25. The highest BCUT2D eigenvalue weighted by Gasteiger charge is 2.29. The van der Waals surface area contributed by atoms with Crippen molar-refractivity contribution in [3.63, 3.8) is 0 Å². The van der Waals surface area contributed by atoms with Crippen LogP contribution in [0, 0.1) is 5.92 Å². The maximum atomic E-state index is 11.4. The number of hydrogen-bond donors (Lipinski definition) is 1. The average Bonchev–Trinajstić information content (AvgIpc) is 2.64. The van der Waals surface area contributed by atoms with Crippen LogP contribution in [-0.4, -0.2) is 62.6 Å². The molecular formula is C11H23N3O2S. The largest absolute Gasteiger partial charge is 0.327 e. The predicted octanol–water partition coefficient (Wildman–Crippen LogP) is -0.309. The summed E-state index contributed by atoms with van der Waals surface area (Å²) in [6, 6.07) is 0.350. The summed E-state index contributed by atoms with van der Waals surface area (Å²) in [6.45, 7) is 3.98. The van der Waals surface area contributed by atoms with Crippen LogP contribution in [0.15, 0.2) is 0 Å². The lowest BCUT2D eigenvalue weighted by atomic mass is 10.0. The number of nitrogens with two attached hydrogens (primary N) is 1. The van der Waals surface area contributed by atoms with Crippen LogP contribution in [0.1, 0.15) is 19.3 Å². The fraction of sp³-hybridized carbons (Fsp3) is 1.00. The molecular weight excluding hydrogens is 238 g/mol. The second-order valence-electron chi connectivity index (χ2n) is 5.32. The molecule has 0 aromatic heterocycles. The Morgan fingerprint density at radius 2 is 1.82 bits per heavy atom. The van der Waals surface area contributed by atoms with E-state index in [-0.39, 0.29) is 0 Å². The summed E-state index contributed by atoms with van der Waals surface area (Å²) in [6.07, 6.45) is 4.91. The van der Waals surface area contributed by atoms with E-state index >= 15 is 0 Å². The van der Waals surface area contributed by atoms with Gasteiger partial charge < -0.3 is 10.6 Å². The maximum Gasteiger partial charge on any atom is 0.211 e. The van der Waals surface area contributed by atoms with E-state index in [0.29, 0.717) is 25.0 Å². The molecule has 2 unspecified atom stereocenters. The monoisotopic (exact) mass is 261 g/mol. The Balaban J connectivity index is 1.79. The molecule has 1 saturated heterocycles. The number of nitrogens with zero attached hydrogens (tertiary/aromatic N) is 2. The molecule has 0 amide bonds. The minimum atomic E-state index is -3.01. The van der Waals surface area contributed by atoms with E-state index in [1.54, 1.807) is 4.31 Å². The van der Waals surface area contributed by atoms with Crippen LogP contribution in [0.3, 0.4) is 0 Å². The summed E-state index contributed by atoms with van der Waals surface area (Å²) in [5, 5.41) is 0. The smallest absolute Gasteiger partial charge is 0.211 e. The fourth-order valence-corrected chi connectivity index (χ4v) is 3.69. The van der Waals surface area contributed by atoms with E-state index in [1.165, 1.54) is 19.1 Å². The van der Waals surface area contributed by atoms with Gasteiger partial charge in [-0.2, -0.15) is 4.31 Å². The van der Waals surface area contributed by atoms with E-state index in [4.69, 9.17) is 5.73 Å². The zero-order chi connectivity index (χ0) is 12.5. The Labute approximate surface area is 104 Å². The molecule has 17 heavy (non-hydrogen) atoms. The van der Waals surface area contributed by atoms with Gasteiger partial charge in [0.2, 0.25) is 10.0 Å². The third kappa shape index (κ3) is 3.40. The van der Waals surface area contributed by atoms with E-state index < -0.39 is 10.0 Å². The molecule has 0 spiro atoms. The molecule has 5 nitrogen and oxygen atoms in total. The van der Waals surface area contributed by atoms with Crippen molar-refractivity contribution in [1.29, 1.82) is 0 Å². The van der Waals surface area contributed by atoms with Gasteiger partial charge in [0.15, 0.2) is 0 Å². The minimum Gasteiger partial charge on any atom is -0.327 e. The van der Waals surface area contributed by atoms with Gasteiger partial charge in [0.25, 0.3) is 0 Å². The van der Waals surface area contributed by atoms with Crippen LogP contribution in [0.5, 0.6) is 0 Å². The standard InChI is InChI=1S/C11H23N3O2S/c1-17(15,16)14-7-5-13(6-8-14)9-10-3-2-4-11(10)12/h10-11H,2-9,12H2,1H3. The molecule has 1 aliphatic carbocycles. The summed E-state index contributed by atoms with van der Waals surface area (Å²) < 4.78 is 24.3. The summed E-state index contributed by atoms with van der Waals surface area (Å²) in [4.78, 5) is 2.36. The van der Waals surface area contributed by atoms with Crippen molar-refractivity contribution in [1.82, 2.24) is 9.21 Å². The van der Waals surface area contributed by atoms with Crippen molar-refractivity contribution in [2.45, 2.75) is 25.3 Å². The van der Waals surface area contributed by atoms with Gasteiger partial charge in [-0.15, -0.1) is 0 Å². The molecule has 2 N–H and O–H groups in total. The summed E-state index contributed by atoms with van der Waals surface area (Å²) in [5.41, 5.74) is 6.06. The molecule has 0 radical (unpaired) electrons. The summed E-state index contributed by atoms with van der Waals surface area (Å²) in [5.74, 6) is 0.611. The molecule has 0 aromatic carbocycles. The Morgan fingerprint density at radius 1 is 1.18 bits per heavy atom. The highest BCUT2D eigenvalue weighted by molar-refractivity contribution is 7.88. The molecule has 1 heterocycles. The third-order valence-electron chi connectivity index (χ3n) is 4.01. The van der Waals surface area contributed by atoms with Gasteiger partial charge >= 0.3 is 0 Å². The number of sulfonamides is 1. The van der Waals surface area contributed by atoms with E-state index in [1.807, 2.05) is 0 Å². The second-order valence-corrected chi connectivity index (χ2v) is 7.30. The summed E-state index contributed by atoms with van der Waals surface area (Å²) in [7, 11) is -3.01. The molecule has 0 aromatic rings. The Hall–Kier alpha value is -0.170. The normalized spacial score (nSPS) is 33.1. The topological polar surface area (TPSA) is 66.6 Å². The van der Waals surface area contributed by atoms with Crippen LogP contribution < -0.4 is 5.73 Å². The molecule has 1 aliphatic heterocycles. The Bertz CT molecular complexity index is 350. The van der Waals surface area contributed by atoms with Crippen molar-refractivity contribution in [2.24, 2.45) is 11.7 Å². The molecule has 100 valence electrons. The van der Waals surface area contributed by atoms with Crippen molar-refractivity contribution in [3.8, 4) is 0 Å². The summed E-state index contributed by atoms with van der Waals surface area (Å²) >= 11 is 0. The van der Waals surface area contributed by atoms with Gasteiger partial charge in [0.05, 0.1) is 6.26 Å². The molecule has 0 bridgehead atoms. The molecule has 1 saturated carbocycles. The number of rotatable bonds is 3. The first-order chi connectivity index (χ1) is 7.97. The molecule has 2 rings (SSSR count). The van der Waals surface area contributed by atoms with Crippen LogP contribution in [0.25, 0.3) is 0 Å². The Kier molecular flexibility index (Phi) is 4.07. The molecule has 2 fully saturated rings. The van der Waals surface area contributed by atoms with Gasteiger partial charge in [-0.1, -0.05) is 6.42 Å². The van der Waals surface area contributed by atoms with Gasteiger partial charge in [-0.25, -0.2) is 8.42 Å². The van der Waals surface area contributed by atoms with E-state index in [0.717, 1.165) is 26.1 Å².